The summed E-state index contributed by atoms with van der Waals surface area (Å²) in [4.78, 5) is 13.6. The van der Waals surface area contributed by atoms with Crippen LogP contribution in [0.2, 0.25) is 5.22 Å². The largest absolute Gasteiger partial charge is 0.440 e. The van der Waals surface area contributed by atoms with Crippen LogP contribution in [0, 0.1) is 0 Å². The van der Waals surface area contributed by atoms with E-state index in [0.29, 0.717) is 13.1 Å². The Bertz CT molecular complexity index is 363. The van der Waals surface area contributed by atoms with Crippen LogP contribution in [-0.4, -0.2) is 37.1 Å². The van der Waals surface area contributed by atoms with Crippen molar-refractivity contribution in [3.8, 4) is 0 Å². The number of amides is 1. The minimum absolute atomic E-state index is 0.124. The molecule has 1 fully saturated rings. The molecule has 5 heteroatoms. The number of likely N-dealkylation sites (tertiary alicyclic amines) is 1. The smallest absolute Gasteiger partial charge is 0.289 e. The molecule has 1 aliphatic heterocycles. The predicted molar refractivity (Wildman–Crippen MR) is 55.0 cm³/mol. The first-order valence-electron chi connectivity index (χ1n) is 4.78. The van der Waals surface area contributed by atoms with E-state index < -0.39 is 0 Å². The summed E-state index contributed by atoms with van der Waals surface area (Å²) in [6.45, 7) is 1.32. The van der Waals surface area contributed by atoms with Gasteiger partial charge < -0.3 is 14.1 Å². The average Bonchev–Trinajstić information content (AvgIpc) is 2.84. The highest BCUT2D eigenvalue weighted by Crippen LogP contribution is 2.18. The summed E-state index contributed by atoms with van der Waals surface area (Å²) in [5.74, 6) is 0.165. The lowest BCUT2D eigenvalue weighted by Gasteiger charge is -2.13. The summed E-state index contributed by atoms with van der Waals surface area (Å²) in [5.41, 5.74) is 0. The van der Waals surface area contributed by atoms with Gasteiger partial charge in [-0.3, -0.25) is 4.79 Å². The van der Waals surface area contributed by atoms with Crippen molar-refractivity contribution in [1.29, 1.82) is 0 Å². The first kappa shape index (κ1) is 10.5. The quantitative estimate of drug-likeness (QED) is 0.777. The molecule has 15 heavy (non-hydrogen) atoms. The van der Waals surface area contributed by atoms with Crippen LogP contribution in [0.25, 0.3) is 0 Å². The third-order valence-corrected chi connectivity index (χ3v) is 2.75. The van der Waals surface area contributed by atoms with Crippen LogP contribution in [-0.2, 0) is 4.74 Å². The molecule has 82 valence electrons. The van der Waals surface area contributed by atoms with Crippen molar-refractivity contribution in [1.82, 2.24) is 4.90 Å². The minimum Gasteiger partial charge on any atom is -0.440 e. The number of hydrogen-bond donors (Lipinski definition) is 0. The van der Waals surface area contributed by atoms with E-state index in [9.17, 15) is 4.79 Å². The number of carbonyl (C=O) groups is 1. The van der Waals surface area contributed by atoms with Crippen molar-refractivity contribution < 1.29 is 13.9 Å². The number of furan rings is 1. The van der Waals surface area contributed by atoms with Gasteiger partial charge in [0.15, 0.2) is 11.0 Å². The third-order valence-electron chi connectivity index (χ3n) is 2.55. The van der Waals surface area contributed by atoms with Crippen LogP contribution in [0.3, 0.4) is 0 Å². The fourth-order valence-corrected chi connectivity index (χ4v) is 1.84. The lowest BCUT2D eigenvalue weighted by molar-refractivity contribution is 0.0696. The van der Waals surface area contributed by atoms with Gasteiger partial charge in [0.2, 0.25) is 0 Å². The Morgan fingerprint density at radius 3 is 3.00 bits per heavy atom. The standard InChI is InChI=1S/C10H12ClNO3/c1-14-7-4-5-12(6-7)10(13)8-2-3-9(11)15-8/h2-3,7H,4-6H2,1H3. The molecule has 1 aromatic rings. The molecule has 0 radical (unpaired) electrons. The van der Waals surface area contributed by atoms with Crippen LogP contribution in [0.4, 0.5) is 0 Å². The van der Waals surface area contributed by atoms with Crippen molar-refractivity contribution in [2.24, 2.45) is 0 Å². The van der Waals surface area contributed by atoms with Gasteiger partial charge in [0.25, 0.3) is 5.91 Å². The zero-order chi connectivity index (χ0) is 10.8. The Hall–Kier alpha value is -1.00. The number of halogens is 1. The van der Waals surface area contributed by atoms with Crippen molar-refractivity contribution in [2.75, 3.05) is 20.2 Å². The SMILES string of the molecule is COC1CCN(C(=O)c2ccc(Cl)o2)C1. The van der Waals surface area contributed by atoms with E-state index in [2.05, 4.69) is 0 Å². The molecule has 2 heterocycles. The Balaban J connectivity index is 2.03. The van der Waals surface area contributed by atoms with Crippen molar-refractivity contribution in [2.45, 2.75) is 12.5 Å². The second-order valence-corrected chi connectivity index (χ2v) is 3.87. The van der Waals surface area contributed by atoms with Crippen LogP contribution in [0.5, 0.6) is 0 Å². The van der Waals surface area contributed by atoms with E-state index in [4.69, 9.17) is 20.8 Å². The van der Waals surface area contributed by atoms with Gasteiger partial charge >= 0.3 is 0 Å². The maximum Gasteiger partial charge on any atom is 0.289 e. The van der Waals surface area contributed by atoms with E-state index in [1.165, 1.54) is 0 Å². The number of methoxy groups -OCH3 is 1. The number of hydrogen-bond acceptors (Lipinski definition) is 3. The highest BCUT2D eigenvalue weighted by Gasteiger charge is 2.28. The monoisotopic (exact) mass is 229 g/mol. The molecule has 1 unspecified atom stereocenters. The van der Waals surface area contributed by atoms with E-state index in [1.54, 1.807) is 24.1 Å². The molecule has 0 spiro atoms. The lowest BCUT2D eigenvalue weighted by atomic mass is 10.3. The Labute approximate surface area is 92.7 Å². The summed E-state index contributed by atoms with van der Waals surface area (Å²) < 4.78 is 10.2. The molecule has 1 aromatic heterocycles. The van der Waals surface area contributed by atoms with Crippen LogP contribution in [0.15, 0.2) is 16.5 Å². The maximum absolute atomic E-state index is 11.8. The summed E-state index contributed by atoms with van der Waals surface area (Å²) in [6.07, 6.45) is 1.01. The Kier molecular flexibility index (Phi) is 2.98. The van der Waals surface area contributed by atoms with Crippen molar-refractivity contribution in [3.63, 3.8) is 0 Å². The molecule has 1 amide bonds. The maximum atomic E-state index is 11.8. The summed E-state index contributed by atoms with van der Waals surface area (Å²) in [6, 6.07) is 3.16. The van der Waals surface area contributed by atoms with Gasteiger partial charge in [-0.1, -0.05) is 0 Å². The highest BCUT2D eigenvalue weighted by atomic mass is 35.5. The van der Waals surface area contributed by atoms with Gasteiger partial charge in [-0.05, 0) is 30.2 Å². The fraction of sp³-hybridized carbons (Fsp3) is 0.500. The first-order chi connectivity index (χ1) is 7.20. The molecule has 1 atom stereocenters. The Morgan fingerprint density at radius 1 is 1.67 bits per heavy atom. The molecule has 2 rings (SSSR count). The summed E-state index contributed by atoms with van der Waals surface area (Å²) in [5, 5.41) is 0.237. The fourth-order valence-electron chi connectivity index (χ4n) is 1.69. The van der Waals surface area contributed by atoms with Gasteiger partial charge in [-0.25, -0.2) is 0 Å². The van der Waals surface area contributed by atoms with Crippen LogP contribution >= 0.6 is 11.6 Å². The van der Waals surface area contributed by atoms with Crippen molar-refractivity contribution >= 4 is 17.5 Å². The molecule has 4 nitrogen and oxygen atoms in total. The molecule has 0 aliphatic carbocycles. The van der Waals surface area contributed by atoms with E-state index >= 15 is 0 Å². The van der Waals surface area contributed by atoms with Gasteiger partial charge in [0.05, 0.1) is 6.10 Å². The molecule has 0 N–H and O–H groups in total. The van der Waals surface area contributed by atoms with Gasteiger partial charge in [-0.15, -0.1) is 0 Å². The van der Waals surface area contributed by atoms with Crippen LogP contribution < -0.4 is 0 Å². The molecular formula is C10H12ClNO3. The number of ether oxygens (including phenoxy) is 1. The molecule has 1 saturated heterocycles. The van der Waals surface area contributed by atoms with Crippen molar-refractivity contribution in [3.05, 3.63) is 23.1 Å². The predicted octanol–water partition coefficient (Wildman–Crippen LogP) is 1.79. The molecule has 1 aliphatic rings. The molecule has 0 saturated carbocycles. The zero-order valence-corrected chi connectivity index (χ0v) is 9.16. The highest BCUT2D eigenvalue weighted by molar-refractivity contribution is 6.29. The van der Waals surface area contributed by atoms with E-state index in [1.807, 2.05) is 0 Å². The topological polar surface area (TPSA) is 42.7 Å². The minimum atomic E-state index is -0.124. The number of rotatable bonds is 2. The second kappa shape index (κ2) is 4.24. The van der Waals surface area contributed by atoms with E-state index in [0.717, 1.165) is 6.42 Å². The average molecular weight is 230 g/mol. The van der Waals surface area contributed by atoms with Gasteiger partial charge in [0.1, 0.15) is 0 Å². The lowest BCUT2D eigenvalue weighted by Crippen LogP contribution is -2.29. The summed E-state index contributed by atoms with van der Waals surface area (Å²) in [7, 11) is 1.66. The zero-order valence-electron chi connectivity index (χ0n) is 8.40. The molecular weight excluding hydrogens is 218 g/mol. The first-order valence-corrected chi connectivity index (χ1v) is 5.16. The van der Waals surface area contributed by atoms with Gasteiger partial charge in [0, 0.05) is 20.2 Å². The normalized spacial score (nSPS) is 20.9. The number of nitrogens with zero attached hydrogens (tertiary/aromatic N) is 1. The van der Waals surface area contributed by atoms with Gasteiger partial charge in [-0.2, -0.15) is 0 Å². The third kappa shape index (κ3) is 2.16. The molecule has 0 bridgehead atoms. The summed E-state index contributed by atoms with van der Waals surface area (Å²) >= 11 is 5.61. The number of carbonyl (C=O) groups excluding carboxylic acids is 1. The van der Waals surface area contributed by atoms with E-state index in [-0.39, 0.29) is 23.0 Å². The van der Waals surface area contributed by atoms with Crippen LogP contribution in [0.1, 0.15) is 17.0 Å². The second-order valence-electron chi connectivity index (χ2n) is 3.50. The molecule has 0 aromatic carbocycles. The Morgan fingerprint density at radius 2 is 2.47 bits per heavy atom.